The second-order valence-electron chi connectivity index (χ2n) is 1.83. The van der Waals surface area contributed by atoms with Crippen molar-refractivity contribution in [3.63, 3.8) is 0 Å². The van der Waals surface area contributed by atoms with Gasteiger partial charge in [-0.1, -0.05) is 6.07 Å². The van der Waals surface area contributed by atoms with Gasteiger partial charge in [-0.15, -0.1) is 12.6 Å². The summed E-state index contributed by atoms with van der Waals surface area (Å²) < 4.78 is 12.1. The minimum atomic E-state index is -2.17. The Labute approximate surface area is 75.1 Å². The van der Waals surface area contributed by atoms with Crippen LogP contribution in [0.1, 0.15) is 0 Å². The first kappa shape index (κ1) is 11.4. The zero-order chi connectivity index (χ0) is 9.56. The predicted molar refractivity (Wildman–Crippen MR) is 46.1 cm³/mol. The van der Waals surface area contributed by atoms with Gasteiger partial charge in [-0.25, -0.2) is 4.39 Å². The summed E-state index contributed by atoms with van der Waals surface area (Å²) in [6.07, 6.45) is 0. The molecule has 0 saturated carbocycles. The number of halogens is 1. The highest BCUT2D eigenvalue weighted by Crippen LogP contribution is 2.05. The van der Waals surface area contributed by atoms with Gasteiger partial charge in [0.2, 0.25) is 0 Å². The van der Waals surface area contributed by atoms with E-state index in [1.54, 1.807) is 12.1 Å². The van der Waals surface area contributed by atoms with Crippen LogP contribution in [0.15, 0.2) is 29.2 Å². The van der Waals surface area contributed by atoms with E-state index in [0.717, 1.165) is 0 Å². The van der Waals surface area contributed by atoms with E-state index in [-0.39, 0.29) is 5.82 Å². The number of benzene rings is 1. The normalized spacial score (nSPS) is 8.42. The lowest BCUT2D eigenvalue weighted by atomic mass is 10.3. The van der Waals surface area contributed by atoms with Crippen molar-refractivity contribution >= 4 is 20.0 Å². The average molecular weight is 190 g/mol. The highest BCUT2D eigenvalue weighted by Gasteiger charge is 1.92. The molecule has 0 amide bonds. The molecule has 1 aromatic carbocycles. The second kappa shape index (κ2) is 6.02. The zero-order valence-electron chi connectivity index (χ0n) is 6.05. The lowest BCUT2D eigenvalue weighted by Gasteiger charge is -1.86. The summed E-state index contributed by atoms with van der Waals surface area (Å²) in [7, 11) is -2.17. The lowest BCUT2D eigenvalue weighted by Crippen LogP contribution is -2.07. The molecule has 0 aliphatic rings. The van der Waals surface area contributed by atoms with E-state index in [1.165, 1.54) is 12.1 Å². The van der Waals surface area contributed by atoms with E-state index in [0.29, 0.717) is 4.90 Å². The molecule has 0 radical (unpaired) electrons. The Kier molecular flexibility index (Phi) is 5.74. The second-order valence-corrected chi connectivity index (χ2v) is 2.34. The third-order valence-corrected chi connectivity index (χ3v) is 1.09. The molecule has 0 spiro atoms. The van der Waals surface area contributed by atoms with Crippen LogP contribution in [0.5, 0.6) is 0 Å². The van der Waals surface area contributed by atoms with E-state index in [2.05, 4.69) is 12.6 Å². The first-order valence-electron chi connectivity index (χ1n) is 3.01. The van der Waals surface area contributed by atoms with Gasteiger partial charge in [0.15, 0.2) is 0 Å². The molecule has 12 heavy (non-hydrogen) atoms. The molecule has 1 aromatic rings. The molecule has 0 atom stereocenters. The van der Waals surface area contributed by atoms with Crippen LogP contribution in [-0.4, -0.2) is 22.4 Å². The summed E-state index contributed by atoms with van der Waals surface area (Å²) in [4.78, 5) is 0.657. The van der Waals surface area contributed by atoms with Gasteiger partial charge in [0.1, 0.15) is 5.82 Å². The van der Waals surface area contributed by atoms with Crippen LogP contribution < -0.4 is 0 Å². The molecule has 66 valence electrons. The Hall–Kier alpha value is -0.555. The fraction of sp³-hybridized carbons (Fsp3) is 0. The Bertz CT molecular complexity index is 214. The third-order valence-electron chi connectivity index (χ3n) is 0.808. The smallest absolute Gasteiger partial charge is 0.402 e. The first-order valence-corrected chi connectivity index (χ1v) is 3.46. The van der Waals surface area contributed by atoms with Gasteiger partial charge in [-0.05, 0) is 18.2 Å². The molecule has 3 N–H and O–H groups in total. The van der Waals surface area contributed by atoms with Gasteiger partial charge in [0.05, 0.1) is 0 Å². The van der Waals surface area contributed by atoms with Crippen molar-refractivity contribution in [2.75, 3.05) is 0 Å². The highest BCUT2D eigenvalue weighted by molar-refractivity contribution is 7.80. The standard InChI is InChI=1S/C6H5FS.BH3O3/c7-5-2-1-3-6(8)4-5;2-1(3)4/h1-4,8H;2-4H. The van der Waals surface area contributed by atoms with E-state index in [1.807, 2.05) is 0 Å². The van der Waals surface area contributed by atoms with Crippen molar-refractivity contribution in [2.24, 2.45) is 0 Å². The monoisotopic (exact) mass is 190 g/mol. The Balaban J connectivity index is 0.000000261. The average Bonchev–Trinajstić information content (AvgIpc) is 1.84. The van der Waals surface area contributed by atoms with Crippen LogP contribution in [0.25, 0.3) is 0 Å². The zero-order valence-corrected chi connectivity index (χ0v) is 6.95. The molecule has 3 nitrogen and oxygen atoms in total. The molecule has 6 heteroatoms. The van der Waals surface area contributed by atoms with Crippen LogP contribution in [0, 0.1) is 5.82 Å². The van der Waals surface area contributed by atoms with Gasteiger partial charge in [-0.2, -0.15) is 0 Å². The van der Waals surface area contributed by atoms with Crippen molar-refractivity contribution in [3.05, 3.63) is 30.1 Å². The molecule has 0 aromatic heterocycles. The number of rotatable bonds is 0. The van der Waals surface area contributed by atoms with Crippen molar-refractivity contribution < 1.29 is 19.5 Å². The largest absolute Gasteiger partial charge is 0.631 e. The molecular weight excluding hydrogens is 182 g/mol. The molecular formula is C6H8BFO3S. The molecule has 0 aliphatic heterocycles. The quantitative estimate of drug-likeness (QED) is 0.345. The third kappa shape index (κ3) is 7.55. The van der Waals surface area contributed by atoms with Crippen LogP contribution in [0.4, 0.5) is 4.39 Å². The first-order chi connectivity index (χ1) is 5.52. The van der Waals surface area contributed by atoms with Crippen LogP contribution >= 0.6 is 12.6 Å². The molecule has 1 rings (SSSR count). The van der Waals surface area contributed by atoms with Gasteiger partial charge in [0, 0.05) is 4.90 Å². The summed E-state index contributed by atoms with van der Waals surface area (Å²) in [5, 5.41) is 21.5. The molecule has 0 aliphatic carbocycles. The van der Waals surface area contributed by atoms with Gasteiger partial charge in [-0.3, -0.25) is 0 Å². The van der Waals surface area contributed by atoms with Crippen molar-refractivity contribution in [2.45, 2.75) is 4.90 Å². The molecule has 0 saturated heterocycles. The van der Waals surface area contributed by atoms with E-state index in [4.69, 9.17) is 15.1 Å². The molecule has 0 unspecified atom stereocenters. The fourth-order valence-corrected chi connectivity index (χ4v) is 0.686. The van der Waals surface area contributed by atoms with E-state index < -0.39 is 7.32 Å². The van der Waals surface area contributed by atoms with Crippen molar-refractivity contribution in [1.29, 1.82) is 0 Å². The maximum absolute atomic E-state index is 12.1. The highest BCUT2D eigenvalue weighted by atomic mass is 32.1. The van der Waals surface area contributed by atoms with Crippen LogP contribution in [0.2, 0.25) is 0 Å². The van der Waals surface area contributed by atoms with Crippen molar-refractivity contribution in [3.8, 4) is 0 Å². The molecule has 0 fully saturated rings. The summed E-state index contributed by atoms with van der Waals surface area (Å²) in [5.41, 5.74) is 0. The van der Waals surface area contributed by atoms with Crippen LogP contribution in [-0.2, 0) is 0 Å². The van der Waals surface area contributed by atoms with E-state index in [9.17, 15) is 4.39 Å². The summed E-state index contributed by atoms with van der Waals surface area (Å²) in [6, 6.07) is 6.10. The Morgan fingerprint density at radius 2 is 1.75 bits per heavy atom. The predicted octanol–water partition coefficient (Wildman–Crippen LogP) is 0.0626. The fourth-order valence-electron chi connectivity index (χ4n) is 0.476. The summed E-state index contributed by atoms with van der Waals surface area (Å²) >= 11 is 3.91. The molecule has 0 heterocycles. The van der Waals surface area contributed by atoms with E-state index >= 15 is 0 Å². The Morgan fingerprint density at radius 1 is 1.25 bits per heavy atom. The van der Waals surface area contributed by atoms with Crippen LogP contribution in [0.3, 0.4) is 0 Å². The van der Waals surface area contributed by atoms with Gasteiger partial charge < -0.3 is 15.1 Å². The number of thiol groups is 1. The number of hydrogen-bond acceptors (Lipinski definition) is 4. The minimum Gasteiger partial charge on any atom is -0.402 e. The lowest BCUT2D eigenvalue weighted by molar-refractivity contribution is 0.278. The Morgan fingerprint density at radius 3 is 2.00 bits per heavy atom. The molecule has 0 bridgehead atoms. The van der Waals surface area contributed by atoms with Gasteiger partial charge >= 0.3 is 7.32 Å². The topological polar surface area (TPSA) is 60.7 Å². The van der Waals surface area contributed by atoms with Crippen molar-refractivity contribution in [1.82, 2.24) is 0 Å². The van der Waals surface area contributed by atoms with Gasteiger partial charge in [0.25, 0.3) is 0 Å². The maximum Gasteiger partial charge on any atom is 0.631 e. The maximum atomic E-state index is 12.1. The summed E-state index contributed by atoms with van der Waals surface area (Å²) in [6.45, 7) is 0. The number of hydrogen-bond donors (Lipinski definition) is 4. The minimum absolute atomic E-state index is 0.238. The SMILES string of the molecule is Fc1cccc(S)c1.OB(O)O. The summed E-state index contributed by atoms with van der Waals surface area (Å²) in [5.74, 6) is -0.238.